The second-order valence-electron chi connectivity index (χ2n) is 7.83. The van der Waals surface area contributed by atoms with Crippen molar-refractivity contribution in [1.82, 2.24) is 0 Å². The molecule has 0 aliphatic carbocycles. The Morgan fingerprint density at radius 2 is 1.45 bits per heavy atom. The molecule has 1 atom stereocenters. The molecule has 114 valence electrons. The van der Waals surface area contributed by atoms with Crippen LogP contribution in [0.25, 0.3) is 0 Å². The lowest BCUT2D eigenvalue weighted by atomic mass is 9.64. The van der Waals surface area contributed by atoms with Gasteiger partial charge in [-0.25, -0.2) is 0 Å². The first-order chi connectivity index (χ1) is 9.10. The summed E-state index contributed by atoms with van der Waals surface area (Å²) in [6.45, 7) is 16.4. The second-order valence-corrected chi connectivity index (χ2v) is 7.83. The first-order valence-corrected chi connectivity index (χ1v) is 7.89. The highest BCUT2D eigenvalue weighted by molar-refractivity contribution is 5.29. The van der Waals surface area contributed by atoms with E-state index in [1.54, 1.807) is 0 Å². The van der Waals surface area contributed by atoms with Gasteiger partial charge in [0.2, 0.25) is 0 Å². The van der Waals surface area contributed by atoms with Crippen molar-refractivity contribution < 1.29 is 5.11 Å². The lowest BCUT2D eigenvalue weighted by molar-refractivity contribution is 0.150. The van der Waals surface area contributed by atoms with E-state index in [9.17, 15) is 5.11 Å². The van der Waals surface area contributed by atoms with Crippen LogP contribution in [0.3, 0.4) is 0 Å². The van der Waals surface area contributed by atoms with Gasteiger partial charge in [-0.1, -0.05) is 67.0 Å². The zero-order valence-electron chi connectivity index (χ0n) is 14.3. The quantitative estimate of drug-likeness (QED) is 0.677. The van der Waals surface area contributed by atoms with E-state index in [1.807, 2.05) is 12.1 Å². The van der Waals surface area contributed by atoms with Crippen molar-refractivity contribution in [2.45, 2.75) is 67.2 Å². The SMILES string of the molecule is CCC(C)(C)C(CC(C)(C)C(C)C)c1ccc(O)cc1. The summed E-state index contributed by atoms with van der Waals surface area (Å²) in [5.41, 5.74) is 1.93. The topological polar surface area (TPSA) is 20.2 Å². The molecule has 1 nitrogen and oxygen atoms in total. The maximum Gasteiger partial charge on any atom is 0.115 e. The Balaban J connectivity index is 3.13. The number of benzene rings is 1. The fourth-order valence-electron chi connectivity index (χ4n) is 2.56. The maximum absolute atomic E-state index is 9.52. The Bertz CT molecular complexity index is 412. The third-order valence-corrected chi connectivity index (χ3v) is 5.44. The van der Waals surface area contributed by atoms with Crippen LogP contribution in [0.1, 0.15) is 72.8 Å². The summed E-state index contributed by atoms with van der Waals surface area (Å²) in [6, 6.07) is 7.81. The molecule has 1 unspecified atom stereocenters. The first-order valence-electron chi connectivity index (χ1n) is 7.89. The molecule has 0 saturated carbocycles. The molecule has 0 amide bonds. The van der Waals surface area contributed by atoms with Crippen molar-refractivity contribution in [3.05, 3.63) is 29.8 Å². The van der Waals surface area contributed by atoms with Crippen LogP contribution < -0.4 is 0 Å². The highest BCUT2D eigenvalue weighted by atomic mass is 16.3. The number of phenols is 1. The minimum Gasteiger partial charge on any atom is -0.508 e. The molecule has 20 heavy (non-hydrogen) atoms. The monoisotopic (exact) mass is 276 g/mol. The minimum absolute atomic E-state index is 0.267. The normalized spacial score (nSPS) is 14.6. The molecule has 0 spiro atoms. The standard InChI is InChI=1S/C19H32O/c1-8-18(4,5)17(13-19(6,7)14(2)3)15-9-11-16(20)12-10-15/h9-12,14,17,20H,8,13H2,1-7H3. The van der Waals surface area contributed by atoms with E-state index in [-0.39, 0.29) is 5.41 Å². The van der Waals surface area contributed by atoms with E-state index in [0.29, 0.717) is 23.0 Å². The molecule has 0 aliphatic heterocycles. The molecule has 0 saturated heterocycles. The molecule has 0 aliphatic rings. The summed E-state index contributed by atoms with van der Waals surface area (Å²) in [4.78, 5) is 0. The zero-order chi connectivity index (χ0) is 15.6. The third kappa shape index (κ3) is 4.01. The number of aromatic hydroxyl groups is 1. The van der Waals surface area contributed by atoms with Crippen molar-refractivity contribution in [2.24, 2.45) is 16.7 Å². The number of phenolic OH excluding ortho intramolecular Hbond substituents is 1. The van der Waals surface area contributed by atoms with Gasteiger partial charge < -0.3 is 5.11 Å². The lowest BCUT2D eigenvalue weighted by Crippen LogP contribution is -2.29. The summed E-state index contributed by atoms with van der Waals surface area (Å²) < 4.78 is 0. The molecular formula is C19H32O. The fraction of sp³-hybridized carbons (Fsp3) is 0.684. The molecule has 1 aromatic carbocycles. The van der Waals surface area contributed by atoms with E-state index >= 15 is 0 Å². The predicted octanol–water partition coefficient (Wildman–Crippen LogP) is 5.98. The average molecular weight is 276 g/mol. The van der Waals surface area contributed by atoms with E-state index in [0.717, 1.165) is 6.42 Å². The zero-order valence-corrected chi connectivity index (χ0v) is 14.3. The summed E-state index contributed by atoms with van der Waals surface area (Å²) in [6.07, 6.45) is 2.34. The van der Waals surface area contributed by atoms with Crippen LogP contribution in [0, 0.1) is 16.7 Å². The fourth-order valence-corrected chi connectivity index (χ4v) is 2.56. The number of hydrogen-bond donors (Lipinski definition) is 1. The molecule has 0 radical (unpaired) electrons. The van der Waals surface area contributed by atoms with Crippen LogP contribution in [0.4, 0.5) is 0 Å². The van der Waals surface area contributed by atoms with Crippen LogP contribution >= 0.6 is 0 Å². The Labute approximate surface area is 125 Å². The van der Waals surface area contributed by atoms with Gasteiger partial charge in [-0.2, -0.15) is 0 Å². The van der Waals surface area contributed by atoms with Gasteiger partial charge in [0, 0.05) is 0 Å². The van der Waals surface area contributed by atoms with Gasteiger partial charge in [0.05, 0.1) is 0 Å². The van der Waals surface area contributed by atoms with Crippen molar-refractivity contribution in [3.63, 3.8) is 0 Å². The highest BCUT2D eigenvalue weighted by Crippen LogP contribution is 2.47. The van der Waals surface area contributed by atoms with Crippen molar-refractivity contribution in [3.8, 4) is 5.75 Å². The highest BCUT2D eigenvalue weighted by Gasteiger charge is 2.35. The van der Waals surface area contributed by atoms with Crippen LogP contribution in [-0.4, -0.2) is 5.11 Å². The molecule has 0 bridgehead atoms. The third-order valence-electron chi connectivity index (χ3n) is 5.44. The molecular weight excluding hydrogens is 244 g/mol. The smallest absolute Gasteiger partial charge is 0.115 e. The van der Waals surface area contributed by atoms with Crippen LogP contribution in [0.5, 0.6) is 5.75 Å². The van der Waals surface area contributed by atoms with Crippen LogP contribution in [0.15, 0.2) is 24.3 Å². The molecule has 1 heteroatoms. The van der Waals surface area contributed by atoms with E-state index in [4.69, 9.17) is 0 Å². The second kappa shape index (κ2) is 6.20. The van der Waals surface area contributed by atoms with Gasteiger partial charge in [0.15, 0.2) is 0 Å². The Morgan fingerprint density at radius 1 is 0.950 bits per heavy atom. The van der Waals surface area contributed by atoms with Gasteiger partial charge >= 0.3 is 0 Å². The minimum atomic E-state index is 0.267. The average Bonchev–Trinajstić information content (AvgIpc) is 2.37. The molecule has 0 heterocycles. The summed E-state index contributed by atoms with van der Waals surface area (Å²) in [5, 5.41) is 9.52. The van der Waals surface area contributed by atoms with Gasteiger partial charge in [-0.15, -0.1) is 0 Å². The van der Waals surface area contributed by atoms with Crippen molar-refractivity contribution in [1.29, 1.82) is 0 Å². The lowest BCUT2D eigenvalue weighted by Gasteiger charge is -2.41. The van der Waals surface area contributed by atoms with Gasteiger partial charge in [0.1, 0.15) is 5.75 Å². The first kappa shape index (κ1) is 17.1. The van der Waals surface area contributed by atoms with E-state index in [1.165, 1.54) is 12.0 Å². The molecule has 1 rings (SSSR count). The Hall–Kier alpha value is -0.980. The van der Waals surface area contributed by atoms with Crippen molar-refractivity contribution in [2.75, 3.05) is 0 Å². The van der Waals surface area contributed by atoms with Crippen LogP contribution in [-0.2, 0) is 0 Å². The maximum atomic E-state index is 9.52. The molecule has 1 N–H and O–H groups in total. The molecule has 1 aromatic rings. The number of rotatable bonds is 6. The van der Waals surface area contributed by atoms with Crippen molar-refractivity contribution >= 4 is 0 Å². The van der Waals surface area contributed by atoms with Gasteiger partial charge in [-0.05, 0) is 46.8 Å². The largest absolute Gasteiger partial charge is 0.508 e. The van der Waals surface area contributed by atoms with E-state index in [2.05, 4.69) is 60.6 Å². The van der Waals surface area contributed by atoms with Gasteiger partial charge in [0.25, 0.3) is 0 Å². The Kier molecular flexibility index (Phi) is 5.29. The molecule has 0 aromatic heterocycles. The summed E-state index contributed by atoms with van der Waals surface area (Å²) in [7, 11) is 0. The summed E-state index contributed by atoms with van der Waals surface area (Å²) in [5.74, 6) is 1.53. The molecule has 0 fully saturated rings. The van der Waals surface area contributed by atoms with Gasteiger partial charge in [-0.3, -0.25) is 0 Å². The number of hydrogen-bond acceptors (Lipinski definition) is 1. The van der Waals surface area contributed by atoms with E-state index < -0.39 is 0 Å². The Morgan fingerprint density at radius 3 is 1.85 bits per heavy atom. The van der Waals surface area contributed by atoms with Crippen LogP contribution in [0.2, 0.25) is 0 Å². The summed E-state index contributed by atoms with van der Waals surface area (Å²) >= 11 is 0. The predicted molar refractivity (Wildman–Crippen MR) is 88.2 cm³/mol.